The van der Waals surface area contributed by atoms with Crippen LogP contribution in [0.1, 0.15) is 21.5 Å². The number of carbonyl (C=O) groups excluding carboxylic acids is 2. The largest absolute Gasteiger partial charge is 0.384 e. The number of nitrogen functional groups attached to an aromatic ring is 1. The molecule has 1 aliphatic heterocycles. The molecule has 0 radical (unpaired) electrons. The number of hydrogen-bond donors (Lipinski definition) is 2. The van der Waals surface area contributed by atoms with Gasteiger partial charge in [0.1, 0.15) is 5.84 Å². The minimum atomic E-state index is -0.0742. The van der Waals surface area contributed by atoms with Gasteiger partial charge in [-0.05, 0) is 29.8 Å². The van der Waals surface area contributed by atoms with E-state index in [0.29, 0.717) is 48.7 Å². The maximum absolute atomic E-state index is 12.6. The number of amides is 2. The number of hydrogen-bond acceptors (Lipinski definition) is 3. The van der Waals surface area contributed by atoms with Crippen LogP contribution in [0.2, 0.25) is 5.02 Å². The lowest BCUT2D eigenvalue weighted by Crippen LogP contribution is -2.51. The van der Waals surface area contributed by atoms with Gasteiger partial charge in [0.15, 0.2) is 0 Å². The van der Waals surface area contributed by atoms with E-state index >= 15 is 0 Å². The molecule has 7 heteroatoms. The number of amidine groups is 1. The summed E-state index contributed by atoms with van der Waals surface area (Å²) in [6.45, 7) is 2.03. The Bertz CT molecular complexity index is 841. The summed E-state index contributed by atoms with van der Waals surface area (Å²) in [7, 11) is 0. The normalized spacial score (nSPS) is 14.1. The van der Waals surface area contributed by atoms with Crippen molar-refractivity contribution in [2.45, 2.75) is 6.42 Å². The molecule has 1 heterocycles. The minimum Gasteiger partial charge on any atom is -0.384 e. The van der Waals surface area contributed by atoms with Crippen LogP contribution in [0, 0.1) is 5.41 Å². The van der Waals surface area contributed by atoms with E-state index in [1.807, 2.05) is 12.1 Å². The van der Waals surface area contributed by atoms with Crippen LogP contribution < -0.4 is 5.73 Å². The third-order valence-electron chi connectivity index (χ3n) is 4.63. The molecule has 0 saturated carbocycles. The fourth-order valence-corrected chi connectivity index (χ4v) is 3.15. The average molecular weight is 385 g/mol. The van der Waals surface area contributed by atoms with E-state index in [-0.39, 0.29) is 17.6 Å². The third kappa shape index (κ3) is 4.65. The van der Waals surface area contributed by atoms with Crippen LogP contribution in [0.3, 0.4) is 0 Å². The lowest BCUT2D eigenvalue weighted by atomic mass is 10.1. The topological polar surface area (TPSA) is 90.5 Å². The van der Waals surface area contributed by atoms with Crippen LogP contribution >= 0.6 is 11.6 Å². The molecular formula is C20H21ClN4O2. The summed E-state index contributed by atoms with van der Waals surface area (Å²) in [6, 6.07) is 13.9. The first-order valence-corrected chi connectivity index (χ1v) is 9.08. The van der Waals surface area contributed by atoms with Crippen molar-refractivity contribution in [3.05, 3.63) is 70.2 Å². The van der Waals surface area contributed by atoms with Crippen molar-refractivity contribution in [2.75, 3.05) is 26.2 Å². The highest BCUT2D eigenvalue weighted by molar-refractivity contribution is 6.30. The molecule has 1 aliphatic rings. The number of benzene rings is 2. The molecule has 0 unspecified atom stereocenters. The summed E-state index contributed by atoms with van der Waals surface area (Å²) in [5, 5.41) is 8.05. The maximum Gasteiger partial charge on any atom is 0.253 e. The van der Waals surface area contributed by atoms with Gasteiger partial charge < -0.3 is 15.5 Å². The Morgan fingerprint density at radius 1 is 0.889 bits per heavy atom. The van der Waals surface area contributed by atoms with E-state index in [1.165, 1.54) is 0 Å². The molecule has 0 atom stereocenters. The lowest BCUT2D eigenvalue weighted by molar-refractivity contribution is -0.131. The Morgan fingerprint density at radius 2 is 1.41 bits per heavy atom. The zero-order valence-corrected chi connectivity index (χ0v) is 15.6. The molecule has 6 nitrogen and oxygen atoms in total. The first kappa shape index (κ1) is 18.9. The minimum absolute atomic E-state index is 0.0261. The zero-order valence-electron chi connectivity index (χ0n) is 14.8. The summed E-state index contributed by atoms with van der Waals surface area (Å²) in [5.41, 5.74) is 7.50. The highest BCUT2D eigenvalue weighted by Crippen LogP contribution is 2.13. The molecule has 3 rings (SSSR count). The highest BCUT2D eigenvalue weighted by Gasteiger charge is 2.24. The first-order chi connectivity index (χ1) is 12.9. The Balaban J connectivity index is 1.54. The Hall–Kier alpha value is -2.86. The van der Waals surface area contributed by atoms with E-state index in [0.717, 1.165) is 5.56 Å². The molecule has 0 spiro atoms. The van der Waals surface area contributed by atoms with Gasteiger partial charge in [-0.15, -0.1) is 0 Å². The molecule has 0 bridgehead atoms. The monoisotopic (exact) mass is 384 g/mol. The van der Waals surface area contributed by atoms with Crippen molar-refractivity contribution in [3.8, 4) is 0 Å². The summed E-state index contributed by atoms with van der Waals surface area (Å²) in [6.07, 6.45) is 0.331. The van der Waals surface area contributed by atoms with Crippen LogP contribution in [-0.4, -0.2) is 53.6 Å². The second kappa shape index (κ2) is 8.22. The molecule has 1 saturated heterocycles. The fourth-order valence-electron chi connectivity index (χ4n) is 3.02. The second-order valence-electron chi connectivity index (χ2n) is 6.47. The molecule has 1 fully saturated rings. The maximum atomic E-state index is 12.6. The molecule has 2 aromatic carbocycles. The predicted octanol–water partition coefficient (Wildman–Crippen LogP) is 2.15. The molecule has 2 amide bonds. The smallest absolute Gasteiger partial charge is 0.253 e. The first-order valence-electron chi connectivity index (χ1n) is 8.70. The van der Waals surface area contributed by atoms with Crippen molar-refractivity contribution in [2.24, 2.45) is 5.73 Å². The quantitative estimate of drug-likeness (QED) is 0.625. The van der Waals surface area contributed by atoms with Crippen molar-refractivity contribution in [1.29, 1.82) is 5.41 Å². The lowest BCUT2D eigenvalue weighted by Gasteiger charge is -2.35. The summed E-state index contributed by atoms with van der Waals surface area (Å²) < 4.78 is 0. The van der Waals surface area contributed by atoms with Gasteiger partial charge in [0.2, 0.25) is 5.91 Å². The van der Waals surface area contributed by atoms with Gasteiger partial charge in [0, 0.05) is 42.3 Å². The molecule has 27 heavy (non-hydrogen) atoms. The molecule has 140 valence electrons. The number of rotatable bonds is 4. The van der Waals surface area contributed by atoms with Gasteiger partial charge >= 0.3 is 0 Å². The standard InChI is InChI=1S/C20H21ClN4O2/c21-17-7-1-14(2-8-17)13-18(26)24-9-11-25(12-10-24)20(27)16-5-3-15(4-6-16)19(22)23/h1-8H,9-13H2,(H3,22,23). The molecule has 3 N–H and O–H groups in total. The number of nitrogens with one attached hydrogen (secondary N) is 1. The van der Waals surface area contributed by atoms with Gasteiger partial charge in [-0.2, -0.15) is 0 Å². The van der Waals surface area contributed by atoms with Crippen LogP contribution in [0.4, 0.5) is 0 Å². The number of nitrogens with two attached hydrogens (primary N) is 1. The Labute approximate surface area is 163 Å². The molecule has 0 aromatic heterocycles. The Morgan fingerprint density at radius 3 is 1.96 bits per heavy atom. The van der Waals surface area contributed by atoms with Crippen LogP contribution in [0.25, 0.3) is 0 Å². The van der Waals surface area contributed by atoms with Crippen molar-refractivity contribution in [3.63, 3.8) is 0 Å². The van der Waals surface area contributed by atoms with E-state index in [4.69, 9.17) is 22.7 Å². The number of piperazine rings is 1. The third-order valence-corrected chi connectivity index (χ3v) is 4.88. The predicted molar refractivity (Wildman–Crippen MR) is 105 cm³/mol. The van der Waals surface area contributed by atoms with Gasteiger partial charge in [-0.3, -0.25) is 15.0 Å². The SMILES string of the molecule is N=C(N)c1ccc(C(=O)N2CCN(C(=O)Cc3ccc(Cl)cc3)CC2)cc1. The fraction of sp³-hybridized carbons (Fsp3) is 0.250. The summed E-state index contributed by atoms with van der Waals surface area (Å²) in [4.78, 5) is 28.6. The number of halogens is 1. The van der Waals surface area contributed by atoms with E-state index in [9.17, 15) is 9.59 Å². The van der Waals surface area contributed by atoms with Gasteiger partial charge in [0.25, 0.3) is 5.91 Å². The summed E-state index contributed by atoms with van der Waals surface area (Å²) >= 11 is 5.87. The second-order valence-corrected chi connectivity index (χ2v) is 6.90. The van der Waals surface area contributed by atoms with Gasteiger partial charge in [0.05, 0.1) is 6.42 Å². The van der Waals surface area contributed by atoms with Crippen molar-refractivity contribution < 1.29 is 9.59 Å². The number of carbonyl (C=O) groups is 2. The van der Waals surface area contributed by atoms with Crippen molar-refractivity contribution in [1.82, 2.24) is 9.80 Å². The van der Waals surface area contributed by atoms with E-state index < -0.39 is 0 Å². The number of nitrogens with zero attached hydrogens (tertiary/aromatic N) is 2. The van der Waals surface area contributed by atoms with Crippen molar-refractivity contribution >= 4 is 29.3 Å². The van der Waals surface area contributed by atoms with Crippen LogP contribution in [0.15, 0.2) is 48.5 Å². The molecule has 0 aliphatic carbocycles. The van der Waals surface area contributed by atoms with Gasteiger partial charge in [-0.1, -0.05) is 35.9 Å². The van der Waals surface area contributed by atoms with E-state index in [1.54, 1.807) is 46.2 Å². The highest BCUT2D eigenvalue weighted by atomic mass is 35.5. The zero-order chi connectivity index (χ0) is 19.4. The van der Waals surface area contributed by atoms with Crippen LogP contribution in [-0.2, 0) is 11.2 Å². The average Bonchev–Trinajstić information content (AvgIpc) is 2.69. The molecule has 2 aromatic rings. The Kier molecular flexibility index (Phi) is 5.76. The summed E-state index contributed by atoms with van der Waals surface area (Å²) in [5.74, 6) is -0.0491. The van der Waals surface area contributed by atoms with Crippen LogP contribution in [0.5, 0.6) is 0 Å². The molecular weight excluding hydrogens is 364 g/mol. The van der Waals surface area contributed by atoms with E-state index in [2.05, 4.69) is 0 Å². The van der Waals surface area contributed by atoms with Gasteiger partial charge in [-0.25, -0.2) is 0 Å².